The predicted octanol–water partition coefficient (Wildman–Crippen LogP) is 2.13. The number of aromatic nitrogens is 3. The van der Waals surface area contributed by atoms with Crippen LogP contribution in [0, 0.1) is 5.82 Å². The van der Waals surface area contributed by atoms with Crippen LogP contribution in [0.4, 0.5) is 15.1 Å². The van der Waals surface area contributed by atoms with Gasteiger partial charge in [0.25, 0.3) is 5.56 Å². The van der Waals surface area contributed by atoms with Gasteiger partial charge >= 0.3 is 6.03 Å². The number of nitrogens with one attached hydrogen (secondary N) is 4. The average molecular weight is 465 g/mol. The fraction of sp³-hybridized carbons (Fsp3) is 0.217. The van der Waals surface area contributed by atoms with E-state index in [4.69, 9.17) is 10.2 Å². The smallest absolute Gasteiger partial charge is 0.321 e. The molecule has 176 valence electrons. The number of halogens is 1. The number of aromatic amines is 1. The Kier molecular flexibility index (Phi) is 7.25. The molecule has 10 nitrogen and oxygen atoms in total. The second-order valence-corrected chi connectivity index (χ2v) is 7.45. The van der Waals surface area contributed by atoms with E-state index < -0.39 is 17.4 Å². The molecule has 4 rings (SSSR count). The van der Waals surface area contributed by atoms with Crippen molar-refractivity contribution in [1.82, 2.24) is 25.6 Å². The molecule has 0 saturated carbocycles. The summed E-state index contributed by atoms with van der Waals surface area (Å²) < 4.78 is 20.0. The number of para-hydroxylation sites is 2. The normalized spacial score (nSPS) is 11.0. The van der Waals surface area contributed by atoms with Crippen LogP contribution in [0.2, 0.25) is 0 Å². The van der Waals surface area contributed by atoms with Crippen molar-refractivity contribution < 1.29 is 13.6 Å². The molecule has 11 heteroatoms. The minimum absolute atomic E-state index is 0.0313. The van der Waals surface area contributed by atoms with E-state index >= 15 is 0 Å². The molecule has 0 aliphatic rings. The van der Waals surface area contributed by atoms with Crippen LogP contribution in [-0.4, -0.2) is 40.6 Å². The number of H-pyrrole nitrogens is 1. The number of nitrogens with zero attached hydrogens (tertiary/aromatic N) is 2. The number of hydrogen-bond acceptors (Lipinski definition) is 7. The SMILES string of the molecule is NCCNCc1ccc(-c2c[nH]c(NC(=O)NCCc3nc4ccccc4o3)nc2=O)cc1F. The number of nitrogens with two attached hydrogens (primary N) is 1. The van der Waals surface area contributed by atoms with Crippen LogP contribution in [0.1, 0.15) is 11.5 Å². The van der Waals surface area contributed by atoms with Crippen LogP contribution in [0.25, 0.3) is 22.2 Å². The summed E-state index contributed by atoms with van der Waals surface area (Å²) in [5.41, 5.74) is 7.27. The first kappa shape index (κ1) is 23.1. The van der Waals surface area contributed by atoms with E-state index in [2.05, 4.69) is 30.9 Å². The highest BCUT2D eigenvalue weighted by Gasteiger charge is 2.11. The molecule has 0 bridgehead atoms. The van der Waals surface area contributed by atoms with E-state index in [0.29, 0.717) is 48.7 Å². The number of carbonyl (C=O) groups excluding carboxylic acids is 1. The molecule has 6 N–H and O–H groups in total. The first-order chi connectivity index (χ1) is 16.5. The zero-order valence-corrected chi connectivity index (χ0v) is 18.2. The number of urea groups is 1. The van der Waals surface area contributed by atoms with Crippen molar-refractivity contribution in [3.8, 4) is 11.1 Å². The number of oxazole rings is 1. The summed E-state index contributed by atoms with van der Waals surface area (Å²) in [6.45, 7) is 1.64. The molecule has 0 aliphatic carbocycles. The molecule has 0 fully saturated rings. The van der Waals surface area contributed by atoms with Gasteiger partial charge in [-0.05, 0) is 23.8 Å². The third-order valence-electron chi connectivity index (χ3n) is 4.99. The Morgan fingerprint density at radius 2 is 2.00 bits per heavy atom. The number of amides is 2. The van der Waals surface area contributed by atoms with Gasteiger partial charge in [-0.25, -0.2) is 14.2 Å². The highest BCUT2D eigenvalue weighted by Crippen LogP contribution is 2.19. The van der Waals surface area contributed by atoms with Crippen LogP contribution in [0.15, 0.2) is 57.9 Å². The third-order valence-corrected chi connectivity index (χ3v) is 4.99. The lowest BCUT2D eigenvalue weighted by Gasteiger charge is -2.08. The van der Waals surface area contributed by atoms with Crippen molar-refractivity contribution in [2.45, 2.75) is 13.0 Å². The van der Waals surface area contributed by atoms with Crippen molar-refractivity contribution in [2.24, 2.45) is 5.73 Å². The van der Waals surface area contributed by atoms with Crippen LogP contribution in [0.3, 0.4) is 0 Å². The molecule has 0 radical (unpaired) electrons. The lowest BCUT2D eigenvalue weighted by Crippen LogP contribution is -2.32. The molecule has 2 amide bonds. The highest BCUT2D eigenvalue weighted by atomic mass is 19.1. The van der Waals surface area contributed by atoms with Crippen LogP contribution in [0.5, 0.6) is 0 Å². The number of fused-ring (bicyclic) bond motifs is 1. The quantitative estimate of drug-likeness (QED) is 0.238. The maximum absolute atomic E-state index is 14.4. The van der Waals surface area contributed by atoms with E-state index in [1.165, 1.54) is 12.3 Å². The summed E-state index contributed by atoms with van der Waals surface area (Å²) in [5, 5.41) is 8.13. The summed E-state index contributed by atoms with van der Waals surface area (Å²) in [7, 11) is 0. The van der Waals surface area contributed by atoms with Crippen molar-refractivity contribution in [3.63, 3.8) is 0 Å². The Labute approximate surface area is 193 Å². The van der Waals surface area contributed by atoms with Crippen LogP contribution < -0.4 is 27.2 Å². The molecular formula is C23H24FN7O3. The first-order valence-corrected chi connectivity index (χ1v) is 10.7. The largest absolute Gasteiger partial charge is 0.441 e. The predicted molar refractivity (Wildman–Crippen MR) is 126 cm³/mol. The minimum atomic E-state index is -0.603. The molecule has 0 atom stereocenters. The van der Waals surface area contributed by atoms with Crippen LogP contribution in [-0.2, 0) is 13.0 Å². The maximum Gasteiger partial charge on any atom is 0.321 e. The van der Waals surface area contributed by atoms with E-state index in [9.17, 15) is 14.0 Å². The van der Waals surface area contributed by atoms with E-state index in [0.717, 1.165) is 5.52 Å². The number of benzene rings is 2. The topological polar surface area (TPSA) is 151 Å². The summed E-state index contributed by atoms with van der Waals surface area (Å²) in [4.78, 5) is 35.5. The van der Waals surface area contributed by atoms with Gasteiger partial charge < -0.3 is 25.8 Å². The Bertz CT molecular complexity index is 1320. The van der Waals surface area contributed by atoms with Crippen molar-refractivity contribution >= 4 is 23.1 Å². The second kappa shape index (κ2) is 10.7. The Morgan fingerprint density at radius 3 is 2.76 bits per heavy atom. The van der Waals surface area contributed by atoms with Gasteiger partial charge in [-0.3, -0.25) is 10.1 Å². The zero-order chi connectivity index (χ0) is 23.9. The molecule has 2 aromatic heterocycles. The lowest BCUT2D eigenvalue weighted by atomic mass is 10.1. The van der Waals surface area contributed by atoms with E-state index in [1.54, 1.807) is 12.1 Å². The number of anilines is 1. The Morgan fingerprint density at radius 1 is 1.15 bits per heavy atom. The maximum atomic E-state index is 14.4. The van der Waals surface area contributed by atoms with E-state index in [-0.39, 0.29) is 18.1 Å². The second-order valence-electron chi connectivity index (χ2n) is 7.45. The number of rotatable bonds is 9. The van der Waals surface area contributed by atoms with Gasteiger partial charge in [-0.15, -0.1) is 0 Å². The van der Waals surface area contributed by atoms with Gasteiger partial charge in [-0.1, -0.05) is 24.3 Å². The molecule has 0 aliphatic heterocycles. The summed E-state index contributed by atoms with van der Waals surface area (Å²) >= 11 is 0. The number of carbonyl (C=O) groups is 1. The van der Waals surface area contributed by atoms with Gasteiger partial charge in [0, 0.05) is 44.4 Å². The third kappa shape index (κ3) is 5.63. The average Bonchev–Trinajstić information content (AvgIpc) is 3.23. The summed E-state index contributed by atoms with van der Waals surface area (Å²) in [6, 6.07) is 11.4. The summed E-state index contributed by atoms with van der Waals surface area (Å²) in [5.74, 6) is 0.0314. The van der Waals surface area contributed by atoms with Gasteiger partial charge in [0.2, 0.25) is 5.95 Å². The lowest BCUT2D eigenvalue weighted by molar-refractivity contribution is 0.252. The molecule has 0 unspecified atom stereocenters. The molecule has 34 heavy (non-hydrogen) atoms. The summed E-state index contributed by atoms with van der Waals surface area (Å²) in [6.07, 6.45) is 1.78. The van der Waals surface area contributed by atoms with Crippen LogP contribution >= 0.6 is 0 Å². The highest BCUT2D eigenvalue weighted by molar-refractivity contribution is 5.87. The molecule has 2 heterocycles. The Hall–Kier alpha value is -4.09. The van der Waals surface area contributed by atoms with Crippen molar-refractivity contribution in [2.75, 3.05) is 25.0 Å². The number of hydrogen-bond donors (Lipinski definition) is 5. The van der Waals surface area contributed by atoms with Gasteiger partial charge in [-0.2, -0.15) is 4.98 Å². The molecule has 0 saturated heterocycles. The van der Waals surface area contributed by atoms with E-state index in [1.807, 2.05) is 24.3 Å². The Balaban J connectivity index is 1.33. The van der Waals surface area contributed by atoms with Crippen molar-refractivity contribution in [3.05, 3.63) is 76.3 Å². The molecular weight excluding hydrogens is 441 g/mol. The van der Waals surface area contributed by atoms with Gasteiger partial charge in [0.05, 0.1) is 5.56 Å². The first-order valence-electron chi connectivity index (χ1n) is 10.7. The van der Waals surface area contributed by atoms with Crippen molar-refractivity contribution in [1.29, 1.82) is 0 Å². The molecule has 0 spiro atoms. The minimum Gasteiger partial charge on any atom is -0.441 e. The monoisotopic (exact) mass is 465 g/mol. The van der Waals surface area contributed by atoms with Gasteiger partial charge in [0.15, 0.2) is 11.5 Å². The fourth-order valence-corrected chi connectivity index (χ4v) is 3.31. The fourth-order valence-electron chi connectivity index (χ4n) is 3.31. The molecule has 4 aromatic rings. The molecule has 2 aromatic carbocycles. The standard InChI is InChI=1S/C23H24FN7O3/c24-17-11-14(5-6-15(17)12-26-10-8-25)16-13-28-22(30-21(16)32)31-23(33)27-9-7-20-29-18-3-1-2-4-19(18)34-20/h1-6,11,13,26H,7-10,12,25H2,(H3,27,28,30,31,32,33). The van der Waals surface area contributed by atoms with Gasteiger partial charge in [0.1, 0.15) is 11.3 Å². The zero-order valence-electron chi connectivity index (χ0n) is 18.2.